The van der Waals surface area contributed by atoms with E-state index in [1.54, 1.807) is 0 Å². The number of hydrogen-bond donors (Lipinski definition) is 1. The highest BCUT2D eigenvalue weighted by molar-refractivity contribution is 4.91. The predicted octanol–water partition coefficient (Wildman–Crippen LogP) is 4.29. The second kappa shape index (κ2) is 7.89. The quantitative estimate of drug-likeness (QED) is 0.686. The predicted molar refractivity (Wildman–Crippen MR) is 72.7 cm³/mol. The summed E-state index contributed by atoms with van der Waals surface area (Å²) in [4.78, 5) is 0. The average molecular weight is 223 g/mol. The lowest BCUT2D eigenvalue weighted by atomic mass is 9.94. The molecule has 1 aliphatic rings. The summed E-state index contributed by atoms with van der Waals surface area (Å²) in [5.74, 6) is 0.774. The molecular weight excluding hydrogens is 194 g/mol. The minimum atomic E-state index is 0.698. The fraction of sp³-hybridized carbons (Fsp3) is 0.867. The van der Waals surface area contributed by atoms with Crippen LogP contribution in [0.3, 0.4) is 0 Å². The lowest BCUT2D eigenvalue weighted by Crippen LogP contribution is -2.37. The zero-order valence-corrected chi connectivity index (χ0v) is 11.3. The summed E-state index contributed by atoms with van der Waals surface area (Å²) in [6.07, 6.45) is 14.0. The first kappa shape index (κ1) is 13.8. The van der Waals surface area contributed by atoms with Gasteiger partial charge in [-0.2, -0.15) is 0 Å². The van der Waals surface area contributed by atoms with Gasteiger partial charge in [0.1, 0.15) is 0 Å². The molecule has 0 saturated carbocycles. The van der Waals surface area contributed by atoms with Crippen molar-refractivity contribution in [1.29, 1.82) is 0 Å². The Morgan fingerprint density at radius 1 is 1.31 bits per heavy atom. The molecule has 0 saturated heterocycles. The molecule has 3 unspecified atom stereocenters. The average Bonchev–Trinajstić information content (AvgIpc) is 2.25. The Labute approximate surface area is 102 Å². The summed E-state index contributed by atoms with van der Waals surface area (Å²) in [6.45, 7) is 6.95. The van der Waals surface area contributed by atoms with E-state index in [4.69, 9.17) is 0 Å². The maximum atomic E-state index is 3.81. The van der Waals surface area contributed by atoms with Crippen molar-refractivity contribution in [2.75, 3.05) is 0 Å². The molecule has 1 nitrogen and oxygen atoms in total. The summed E-state index contributed by atoms with van der Waals surface area (Å²) in [5, 5.41) is 3.81. The molecule has 0 aromatic carbocycles. The van der Waals surface area contributed by atoms with Crippen LogP contribution in [0.25, 0.3) is 0 Å². The number of rotatable bonds is 5. The molecule has 0 amide bonds. The molecule has 0 aromatic heterocycles. The van der Waals surface area contributed by atoms with Crippen molar-refractivity contribution in [3.05, 3.63) is 12.2 Å². The van der Waals surface area contributed by atoms with Crippen molar-refractivity contribution in [1.82, 2.24) is 5.32 Å². The fourth-order valence-corrected chi connectivity index (χ4v) is 2.49. The monoisotopic (exact) mass is 223 g/mol. The van der Waals surface area contributed by atoms with Crippen LogP contribution in [0.5, 0.6) is 0 Å². The Balaban J connectivity index is 2.27. The summed E-state index contributed by atoms with van der Waals surface area (Å²) in [7, 11) is 0. The van der Waals surface area contributed by atoms with Gasteiger partial charge in [-0.15, -0.1) is 0 Å². The summed E-state index contributed by atoms with van der Waals surface area (Å²) in [5.41, 5.74) is 0. The highest BCUT2D eigenvalue weighted by Crippen LogP contribution is 2.17. The summed E-state index contributed by atoms with van der Waals surface area (Å²) < 4.78 is 0. The van der Waals surface area contributed by atoms with Crippen molar-refractivity contribution < 1.29 is 0 Å². The van der Waals surface area contributed by atoms with E-state index in [1.165, 1.54) is 44.9 Å². The standard InChI is InChI=1S/C15H29N/c1-4-5-9-14(3)16-15-10-7-6-8-13(2)11-12-15/h6,8,13-16H,4-5,7,9-12H2,1-3H3/b8-6+. The van der Waals surface area contributed by atoms with E-state index in [2.05, 4.69) is 38.2 Å². The highest BCUT2D eigenvalue weighted by atomic mass is 14.9. The molecule has 0 fully saturated rings. The fourth-order valence-electron chi connectivity index (χ4n) is 2.49. The van der Waals surface area contributed by atoms with Crippen LogP contribution < -0.4 is 5.32 Å². The van der Waals surface area contributed by atoms with Gasteiger partial charge in [-0.25, -0.2) is 0 Å². The number of allylic oxidation sites excluding steroid dienone is 2. The van der Waals surface area contributed by atoms with Crippen molar-refractivity contribution in [2.24, 2.45) is 5.92 Å². The van der Waals surface area contributed by atoms with Gasteiger partial charge in [0.15, 0.2) is 0 Å². The van der Waals surface area contributed by atoms with Gasteiger partial charge in [-0.05, 0) is 44.9 Å². The van der Waals surface area contributed by atoms with Crippen molar-refractivity contribution in [2.45, 2.75) is 77.8 Å². The van der Waals surface area contributed by atoms with Crippen LogP contribution in [0.4, 0.5) is 0 Å². The van der Waals surface area contributed by atoms with Crippen molar-refractivity contribution in [3.8, 4) is 0 Å². The molecule has 0 aromatic rings. The molecule has 1 heteroatoms. The van der Waals surface area contributed by atoms with Crippen LogP contribution in [0, 0.1) is 5.92 Å². The first-order valence-corrected chi connectivity index (χ1v) is 7.15. The Kier molecular flexibility index (Phi) is 6.79. The van der Waals surface area contributed by atoms with Gasteiger partial charge in [0.25, 0.3) is 0 Å². The van der Waals surface area contributed by atoms with E-state index in [9.17, 15) is 0 Å². The minimum Gasteiger partial charge on any atom is -0.311 e. The third kappa shape index (κ3) is 5.69. The third-order valence-electron chi connectivity index (χ3n) is 3.63. The highest BCUT2D eigenvalue weighted by Gasteiger charge is 2.13. The number of unbranched alkanes of at least 4 members (excludes halogenated alkanes) is 1. The van der Waals surface area contributed by atoms with Crippen LogP contribution >= 0.6 is 0 Å². The molecule has 0 radical (unpaired) electrons. The van der Waals surface area contributed by atoms with Gasteiger partial charge in [0.2, 0.25) is 0 Å². The zero-order chi connectivity index (χ0) is 11.8. The summed E-state index contributed by atoms with van der Waals surface area (Å²) >= 11 is 0. The maximum Gasteiger partial charge on any atom is 0.00726 e. The van der Waals surface area contributed by atoms with Gasteiger partial charge in [0, 0.05) is 12.1 Å². The second-order valence-electron chi connectivity index (χ2n) is 5.47. The maximum absolute atomic E-state index is 3.81. The van der Waals surface area contributed by atoms with Crippen molar-refractivity contribution >= 4 is 0 Å². The minimum absolute atomic E-state index is 0.698. The lowest BCUT2D eigenvalue weighted by Gasteiger charge is -2.25. The van der Waals surface area contributed by atoms with Crippen LogP contribution in [-0.2, 0) is 0 Å². The smallest absolute Gasteiger partial charge is 0.00726 e. The molecule has 0 aliphatic heterocycles. The molecule has 0 heterocycles. The van der Waals surface area contributed by atoms with E-state index in [1.807, 2.05) is 0 Å². The lowest BCUT2D eigenvalue weighted by molar-refractivity contribution is 0.364. The Bertz CT molecular complexity index is 198. The van der Waals surface area contributed by atoms with Gasteiger partial charge < -0.3 is 5.32 Å². The normalized spacial score (nSPS) is 30.4. The van der Waals surface area contributed by atoms with E-state index in [-0.39, 0.29) is 0 Å². The van der Waals surface area contributed by atoms with Crippen LogP contribution in [-0.4, -0.2) is 12.1 Å². The Morgan fingerprint density at radius 2 is 2.12 bits per heavy atom. The molecule has 0 bridgehead atoms. The third-order valence-corrected chi connectivity index (χ3v) is 3.63. The molecule has 0 spiro atoms. The largest absolute Gasteiger partial charge is 0.311 e. The second-order valence-corrected chi connectivity index (χ2v) is 5.47. The molecule has 1 aliphatic carbocycles. The van der Waals surface area contributed by atoms with Gasteiger partial charge in [-0.1, -0.05) is 38.8 Å². The van der Waals surface area contributed by atoms with Crippen molar-refractivity contribution in [3.63, 3.8) is 0 Å². The first-order valence-electron chi connectivity index (χ1n) is 7.15. The van der Waals surface area contributed by atoms with Gasteiger partial charge >= 0.3 is 0 Å². The van der Waals surface area contributed by atoms with Crippen LogP contribution in [0.2, 0.25) is 0 Å². The molecule has 1 rings (SSSR count). The number of hydrogen-bond acceptors (Lipinski definition) is 1. The van der Waals surface area contributed by atoms with Crippen LogP contribution in [0.1, 0.15) is 65.7 Å². The van der Waals surface area contributed by atoms with E-state index >= 15 is 0 Å². The first-order chi connectivity index (χ1) is 7.72. The molecule has 94 valence electrons. The van der Waals surface area contributed by atoms with Gasteiger partial charge in [0.05, 0.1) is 0 Å². The number of nitrogens with one attached hydrogen (secondary N) is 1. The molecular formula is C15H29N. The van der Waals surface area contributed by atoms with Gasteiger partial charge in [-0.3, -0.25) is 0 Å². The SMILES string of the molecule is CCCCC(C)NC1CC/C=C/C(C)CC1. The Morgan fingerprint density at radius 3 is 2.88 bits per heavy atom. The van der Waals surface area contributed by atoms with E-state index < -0.39 is 0 Å². The van der Waals surface area contributed by atoms with Crippen LogP contribution in [0.15, 0.2) is 12.2 Å². The molecule has 16 heavy (non-hydrogen) atoms. The topological polar surface area (TPSA) is 12.0 Å². The van der Waals surface area contributed by atoms with E-state index in [0.717, 1.165) is 12.0 Å². The molecule has 3 atom stereocenters. The summed E-state index contributed by atoms with van der Waals surface area (Å²) in [6, 6.07) is 1.45. The molecule has 1 N–H and O–H groups in total. The zero-order valence-electron chi connectivity index (χ0n) is 11.3. The van der Waals surface area contributed by atoms with E-state index in [0.29, 0.717) is 6.04 Å². The Hall–Kier alpha value is -0.300.